The Labute approximate surface area is 108 Å². The van der Waals surface area contributed by atoms with Crippen molar-refractivity contribution in [1.82, 2.24) is 14.7 Å². The average molecular weight is 253 g/mol. The predicted octanol–water partition coefficient (Wildman–Crippen LogP) is 2.39. The minimum Gasteiger partial charge on any atom is -0.323 e. The summed E-state index contributed by atoms with van der Waals surface area (Å²) >= 11 is 0. The van der Waals surface area contributed by atoms with Crippen molar-refractivity contribution in [3.63, 3.8) is 0 Å². The van der Waals surface area contributed by atoms with Gasteiger partial charge in [0.2, 0.25) is 0 Å². The monoisotopic (exact) mass is 253 g/mol. The third kappa shape index (κ3) is 3.03. The first-order valence-corrected chi connectivity index (χ1v) is 6.62. The van der Waals surface area contributed by atoms with Crippen molar-refractivity contribution in [2.75, 3.05) is 13.1 Å². The van der Waals surface area contributed by atoms with Crippen molar-refractivity contribution >= 4 is 6.03 Å². The Morgan fingerprint density at radius 2 is 2.11 bits per heavy atom. The fourth-order valence-electron chi connectivity index (χ4n) is 1.82. The molecule has 1 amide bonds. The maximum Gasteiger partial charge on any atom is 0.346 e. The highest BCUT2D eigenvalue weighted by atomic mass is 16.2. The molecule has 0 atom stereocenters. The highest BCUT2D eigenvalue weighted by molar-refractivity contribution is 5.75. The summed E-state index contributed by atoms with van der Waals surface area (Å²) in [6.45, 7) is 9.18. The zero-order valence-corrected chi connectivity index (χ0v) is 11.7. The van der Waals surface area contributed by atoms with Crippen LogP contribution in [0.2, 0.25) is 0 Å². The van der Waals surface area contributed by atoms with Crippen molar-refractivity contribution < 1.29 is 4.79 Å². The molecule has 0 aliphatic rings. The Bertz CT molecular complexity index is 445. The minimum atomic E-state index is -0.261. The van der Waals surface area contributed by atoms with Gasteiger partial charge >= 0.3 is 6.03 Å². The van der Waals surface area contributed by atoms with Crippen LogP contribution in [0.15, 0.2) is 11.0 Å². The van der Waals surface area contributed by atoms with E-state index in [9.17, 15) is 9.59 Å². The van der Waals surface area contributed by atoms with E-state index < -0.39 is 0 Å². The molecule has 18 heavy (non-hydrogen) atoms. The predicted molar refractivity (Wildman–Crippen MR) is 72.1 cm³/mol. The maximum atomic E-state index is 12.2. The van der Waals surface area contributed by atoms with Crippen LogP contribution in [0.5, 0.6) is 0 Å². The van der Waals surface area contributed by atoms with Crippen molar-refractivity contribution in [3.8, 4) is 0 Å². The van der Waals surface area contributed by atoms with Crippen LogP contribution in [-0.4, -0.2) is 33.8 Å². The van der Waals surface area contributed by atoms with Crippen LogP contribution in [0.25, 0.3) is 0 Å². The van der Waals surface area contributed by atoms with Gasteiger partial charge in [-0.05, 0) is 19.3 Å². The lowest BCUT2D eigenvalue weighted by Gasteiger charge is -2.19. The number of aromatic amines is 1. The number of rotatable bonds is 5. The van der Waals surface area contributed by atoms with Crippen LogP contribution in [0.4, 0.5) is 4.79 Å². The van der Waals surface area contributed by atoms with E-state index in [1.807, 2.05) is 20.8 Å². The lowest BCUT2D eigenvalue weighted by molar-refractivity contribution is 0.197. The molecule has 0 saturated heterocycles. The van der Waals surface area contributed by atoms with Gasteiger partial charge in [-0.15, -0.1) is 0 Å². The summed E-state index contributed by atoms with van der Waals surface area (Å²) in [7, 11) is 0. The van der Waals surface area contributed by atoms with E-state index >= 15 is 0 Å². The molecule has 0 aliphatic heterocycles. The molecule has 1 rings (SSSR count). The van der Waals surface area contributed by atoms with E-state index in [0.717, 1.165) is 17.5 Å². The highest BCUT2D eigenvalue weighted by Crippen LogP contribution is 2.08. The zero-order valence-electron chi connectivity index (χ0n) is 11.7. The normalized spacial score (nSPS) is 10.9. The number of unbranched alkanes of at least 4 members (excludes halogenated alkanes) is 1. The molecule has 0 aliphatic carbocycles. The molecule has 0 saturated carbocycles. The number of nitrogens with zero attached hydrogens (tertiary/aromatic N) is 2. The summed E-state index contributed by atoms with van der Waals surface area (Å²) in [5.74, 6) is 0.119. The molecule has 0 fully saturated rings. The number of H-pyrrole nitrogens is 1. The molecule has 1 aromatic heterocycles. The van der Waals surface area contributed by atoms with Gasteiger partial charge in [0.05, 0.1) is 0 Å². The molecular formula is C13H23N3O2. The summed E-state index contributed by atoms with van der Waals surface area (Å²) in [5, 5.41) is 2.76. The summed E-state index contributed by atoms with van der Waals surface area (Å²) in [4.78, 5) is 25.9. The number of hydrogen-bond donors (Lipinski definition) is 1. The van der Waals surface area contributed by atoms with E-state index in [1.54, 1.807) is 11.1 Å². The van der Waals surface area contributed by atoms with Gasteiger partial charge in [-0.1, -0.05) is 27.2 Å². The molecule has 0 unspecified atom stereocenters. The van der Waals surface area contributed by atoms with E-state index in [0.29, 0.717) is 18.7 Å². The first-order valence-electron chi connectivity index (χ1n) is 6.62. The number of carbonyl (C=O) groups is 1. The van der Waals surface area contributed by atoms with E-state index in [2.05, 4.69) is 12.0 Å². The third-order valence-electron chi connectivity index (χ3n) is 3.05. The van der Waals surface area contributed by atoms with E-state index in [4.69, 9.17) is 0 Å². The Balaban J connectivity index is 2.92. The molecule has 0 aromatic carbocycles. The van der Waals surface area contributed by atoms with Gasteiger partial charge in [0.25, 0.3) is 5.56 Å². The Kier molecular flexibility index (Phi) is 5.19. The van der Waals surface area contributed by atoms with Crippen LogP contribution in [0, 0.1) is 0 Å². The van der Waals surface area contributed by atoms with Gasteiger partial charge in [-0.25, -0.2) is 4.79 Å². The fraction of sp³-hybridized carbons (Fsp3) is 0.692. The number of carbonyl (C=O) groups excluding carboxylic acids is 1. The van der Waals surface area contributed by atoms with Gasteiger partial charge in [0, 0.05) is 24.8 Å². The number of nitrogens with one attached hydrogen (secondary N) is 1. The van der Waals surface area contributed by atoms with Gasteiger partial charge in [-0.3, -0.25) is 9.89 Å². The van der Waals surface area contributed by atoms with E-state index in [1.165, 1.54) is 0 Å². The average Bonchev–Trinajstić information content (AvgIpc) is 2.71. The van der Waals surface area contributed by atoms with Gasteiger partial charge in [0.1, 0.15) is 0 Å². The molecule has 5 heteroatoms. The van der Waals surface area contributed by atoms with Crippen LogP contribution < -0.4 is 5.56 Å². The molecule has 5 nitrogen and oxygen atoms in total. The van der Waals surface area contributed by atoms with E-state index in [-0.39, 0.29) is 17.5 Å². The SMILES string of the molecule is CCCCN(CC)C(=O)n1[nH]cc(C(C)C)c1=O. The van der Waals surface area contributed by atoms with Crippen molar-refractivity contribution in [2.24, 2.45) is 0 Å². The van der Waals surface area contributed by atoms with Gasteiger partial charge in [0.15, 0.2) is 0 Å². The molecule has 0 bridgehead atoms. The van der Waals surface area contributed by atoms with Gasteiger partial charge in [-0.2, -0.15) is 4.68 Å². The smallest absolute Gasteiger partial charge is 0.323 e. The Morgan fingerprint density at radius 3 is 2.56 bits per heavy atom. The topological polar surface area (TPSA) is 58.1 Å². The van der Waals surface area contributed by atoms with Crippen molar-refractivity contribution in [2.45, 2.75) is 46.5 Å². The number of amides is 1. The second-order valence-electron chi connectivity index (χ2n) is 4.74. The van der Waals surface area contributed by atoms with Crippen molar-refractivity contribution in [1.29, 1.82) is 0 Å². The molecule has 102 valence electrons. The molecule has 0 spiro atoms. The molecule has 1 N–H and O–H groups in total. The summed E-state index contributed by atoms with van der Waals surface area (Å²) in [6.07, 6.45) is 3.60. The summed E-state index contributed by atoms with van der Waals surface area (Å²) < 4.78 is 1.11. The zero-order chi connectivity index (χ0) is 13.7. The first kappa shape index (κ1) is 14.5. The third-order valence-corrected chi connectivity index (χ3v) is 3.05. The lowest BCUT2D eigenvalue weighted by Crippen LogP contribution is -2.40. The molecular weight excluding hydrogens is 230 g/mol. The lowest BCUT2D eigenvalue weighted by atomic mass is 10.1. The van der Waals surface area contributed by atoms with Crippen LogP contribution in [0.3, 0.4) is 0 Å². The quantitative estimate of drug-likeness (QED) is 0.876. The van der Waals surface area contributed by atoms with Crippen molar-refractivity contribution in [3.05, 3.63) is 22.1 Å². The van der Waals surface area contributed by atoms with Crippen LogP contribution >= 0.6 is 0 Å². The Morgan fingerprint density at radius 1 is 1.44 bits per heavy atom. The fourth-order valence-corrected chi connectivity index (χ4v) is 1.82. The van der Waals surface area contributed by atoms with Crippen LogP contribution in [0.1, 0.15) is 52.0 Å². The largest absolute Gasteiger partial charge is 0.346 e. The minimum absolute atomic E-state index is 0.119. The molecule has 0 radical (unpaired) electrons. The first-order chi connectivity index (χ1) is 8.52. The maximum absolute atomic E-state index is 12.2. The molecule has 1 aromatic rings. The van der Waals surface area contributed by atoms with Crippen LogP contribution in [-0.2, 0) is 0 Å². The number of hydrogen-bond acceptors (Lipinski definition) is 2. The summed E-state index contributed by atoms with van der Waals surface area (Å²) in [6, 6.07) is -0.261. The second kappa shape index (κ2) is 6.42. The summed E-state index contributed by atoms with van der Waals surface area (Å²) in [5.41, 5.74) is 0.417. The van der Waals surface area contributed by atoms with Gasteiger partial charge < -0.3 is 4.90 Å². The highest BCUT2D eigenvalue weighted by Gasteiger charge is 2.18. The number of aromatic nitrogens is 2. The Hall–Kier alpha value is -1.52. The second-order valence-corrected chi connectivity index (χ2v) is 4.74. The molecule has 1 heterocycles. The standard InChI is InChI=1S/C13H23N3O2/c1-5-7-8-15(6-2)13(18)16-12(17)11(9-14-16)10(3)4/h9-10,14H,5-8H2,1-4H3.